The van der Waals surface area contributed by atoms with Crippen molar-refractivity contribution in [2.45, 2.75) is 12.5 Å². The highest BCUT2D eigenvalue weighted by atomic mass is 16.5. The lowest BCUT2D eigenvalue weighted by Crippen LogP contribution is -2.19. The number of nitrogens with zero attached hydrogens (tertiary/aromatic N) is 4. The molecule has 1 aliphatic heterocycles. The Labute approximate surface area is 155 Å². The van der Waals surface area contributed by atoms with Gasteiger partial charge in [-0.1, -0.05) is 0 Å². The molecule has 4 aromatic rings. The van der Waals surface area contributed by atoms with Crippen LogP contribution in [-0.2, 0) is 7.05 Å². The molecule has 136 valence electrons. The summed E-state index contributed by atoms with van der Waals surface area (Å²) >= 11 is 0. The largest absolute Gasteiger partial charge is 0.507 e. The Balaban J connectivity index is 1.51. The van der Waals surface area contributed by atoms with Gasteiger partial charge in [-0.25, -0.2) is 9.97 Å². The van der Waals surface area contributed by atoms with Crippen LogP contribution in [-0.4, -0.2) is 44.0 Å². The molecule has 1 atom stereocenters. The van der Waals surface area contributed by atoms with Crippen LogP contribution in [0.15, 0.2) is 42.7 Å². The minimum atomic E-state index is 0.154. The number of phenolic OH excluding ortho intramolecular Hbond substituents is 1. The average molecular weight is 361 g/mol. The smallest absolute Gasteiger partial charge is 0.160 e. The Hall–Kier alpha value is -3.19. The van der Waals surface area contributed by atoms with E-state index in [4.69, 9.17) is 4.74 Å². The fraction of sp³-hybridized carbons (Fsp3) is 0.250. The molecule has 7 nitrogen and oxygen atoms in total. The molecular weight excluding hydrogens is 342 g/mol. The predicted molar refractivity (Wildman–Crippen MR) is 103 cm³/mol. The van der Waals surface area contributed by atoms with Gasteiger partial charge in [0.2, 0.25) is 0 Å². The second-order valence-electron chi connectivity index (χ2n) is 6.88. The first-order chi connectivity index (χ1) is 13.2. The molecule has 1 aliphatic rings. The van der Waals surface area contributed by atoms with Gasteiger partial charge in [0.05, 0.1) is 17.4 Å². The zero-order chi connectivity index (χ0) is 18.4. The lowest BCUT2D eigenvalue weighted by molar-refractivity contribution is 0.222. The van der Waals surface area contributed by atoms with Gasteiger partial charge in [0.1, 0.15) is 17.6 Å². The quantitative estimate of drug-likeness (QED) is 0.583. The van der Waals surface area contributed by atoms with Crippen LogP contribution in [0.5, 0.6) is 11.5 Å². The van der Waals surface area contributed by atoms with Crippen molar-refractivity contribution < 1.29 is 9.84 Å². The van der Waals surface area contributed by atoms with Crippen LogP contribution in [0.1, 0.15) is 6.42 Å². The maximum absolute atomic E-state index is 10.4. The Morgan fingerprint density at radius 1 is 1.22 bits per heavy atom. The lowest BCUT2D eigenvalue weighted by atomic mass is 10.1. The van der Waals surface area contributed by atoms with Crippen LogP contribution in [0.3, 0.4) is 0 Å². The second-order valence-corrected chi connectivity index (χ2v) is 6.88. The van der Waals surface area contributed by atoms with Crippen LogP contribution >= 0.6 is 0 Å². The van der Waals surface area contributed by atoms with E-state index in [0.717, 1.165) is 41.5 Å². The fourth-order valence-corrected chi connectivity index (χ4v) is 3.52. The molecule has 7 heteroatoms. The lowest BCUT2D eigenvalue weighted by Gasteiger charge is -2.12. The molecule has 0 radical (unpaired) electrons. The molecule has 1 aromatic carbocycles. The molecule has 1 saturated heterocycles. The maximum Gasteiger partial charge on any atom is 0.160 e. The zero-order valence-corrected chi connectivity index (χ0v) is 14.9. The monoisotopic (exact) mass is 361 g/mol. The van der Waals surface area contributed by atoms with Gasteiger partial charge in [0.25, 0.3) is 0 Å². The number of hydrogen-bond acceptors (Lipinski definition) is 6. The van der Waals surface area contributed by atoms with E-state index < -0.39 is 0 Å². The van der Waals surface area contributed by atoms with E-state index in [2.05, 4.69) is 20.4 Å². The number of benzene rings is 1. The zero-order valence-electron chi connectivity index (χ0n) is 14.9. The molecule has 27 heavy (non-hydrogen) atoms. The maximum atomic E-state index is 10.4. The molecule has 5 rings (SSSR count). The molecule has 3 aromatic heterocycles. The Kier molecular flexibility index (Phi) is 3.68. The summed E-state index contributed by atoms with van der Waals surface area (Å²) in [4.78, 5) is 9.08. The van der Waals surface area contributed by atoms with Crippen LogP contribution in [0.25, 0.3) is 33.2 Å². The number of aromatic hydroxyl groups is 1. The predicted octanol–water partition coefficient (Wildman–Crippen LogP) is 2.63. The molecule has 1 fully saturated rings. The average Bonchev–Trinajstić information content (AvgIpc) is 3.29. The minimum absolute atomic E-state index is 0.154. The summed E-state index contributed by atoms with van der Waals surface area (Å²) in [6.45, 7) is 1.85. The van der Waals surface area contributed by atoms with Crippen LogP contribution in [0.2, 0.25) is 0 Å². The highest BCUT2D eigenvalue weighted by Crippen LogP contribution is 2.33. The van der Waals surface area contributed by atoms with Crippen molar-refractivity contribution in [3.8, 4) is 22.8 Å². The van der Waals surface area contributed by atoms with Crippen molar-refractivity contribution in [3.63, 3.8) is 0 Å². The summed E-state index contributed by atoms with van der Waals surface area (Å²) in [6, 6.07) is 9.37. The van der Waals surface area contributed by atoms with E-state index in [-0.39, 0.29) is 11.9 Å². The summed E-state index contributed by atoms with van der Waals surface area (Å²) in [6.07, 6.45) is 4.83. The van der Waals surface area contributed by atoms with E-state index in [1.54, 1.807) is 16.9 Å². The Morgan fingerprint density at radius 2 is 2.15 bits per heavy atom. The van der Waals surface area contributed by atoms with Crippen LogP contribution < -0.4 is 10.1 Å². The summed E-state index contributed by atoms with van der Waals surface area (Å²) in [7, 11) is 1.86. The summed E-state index contributed by atoms with van der Waals surface area (Å²) in [5, 5.41) is 19.9. The van der Waals surface area contributed by atoms with Crippen molar-refractivity contribution in [1.82, 2.24) is 25.1 Å². The Bertz CT molecular complexity index is 1150. The molecule has 0 unspecified atom stereocenters. The van der Waals surface area contributed by atoms with Crippen molar-refractivity contribution in [2.24, 2.45) is 7.05 Å². The third kappa shape index (κ3) is 2.96. The van der Waals surface area contributed by atoms with E-state index in [1.807, 2.05) is 37.5 Å². The number of hydrogen-bond donors (Lipinski definition) is 2. The number of pyridine rings is 2. The van der Waals surface area contributed by atoms with Crippen molar-refractivity contribution in [2.75, 3.05) is 13.1 Å². The highest BCUT2D eigenvalue weighted by Gasteiger charge is 2.16. The first kappa shape index (κ1) is 16.0. The van der Waals surface area contributed by atoms with Gasteiger partial charge < -0.3 is 15.2 Å². The SMILES string of the molecule is Cn1cc2cc(-c3ccc4cc(O[C@H]5CCNC5)cnc4n3)c(O)cc2n1. The van der Waals surface area contributed by atoms with Crippen LogP contribution in [0.4, 0.5) is 0 Å². The standard InChI is InChI=1S/C20H19N5O2/c1-25-11-13-7-16(19(26)8-18(13)24-25)17-3-2-12-6-15(10-22-20(12)23-17)27-14-4-5-21-9-14/h2-3,6-8,10-11,14,21,26H,4-5,9H2,1H3/t14-/m0/s1. The summed E-state index contributed by atoms with van der Waals surface area (Å²) < 4.78 is 7.69. The normalized spacial score (nSPS) is 17.0. The number of aromatic nitrogens is 4. The van der Waals surface area contributed by atoms with Crippen molar-refractivity contribution in [3.05, 3.63) is 42.7 Å². The molecule has 2 N–H and O–H groups in total. The third-order valence-corrected chi connectivity index (χ3v) is 4.85. The molecule has 0 aliphatic carbocycles. The topological polar surface area (TPSA) is 85.1 Å². The molecule has 0 amide bonds. The number of aryl methyl sites for hydroxylation is 1. The molecule has 0 saturated carbocycles. The van der Waals surface area contributed by atoms with E-state index in [1.165, 1.54) is 0 Å². The van der Waals surface area contributed by atoms with Crippen molar-refractivity contribution in [1.29, 1.82) is 0 Å². The first-order valence-electron chi connectivity index (χ1n) is 8.97. The van der Waals surface area contributed by atoms with Gasteiger partial charge in [-0.15, -0.1) is 0 Å². The van der Waals surface area contributed by atoms with E-state index >= 15 is 0 Å². The third-order valence-electron chi connectivity index (χ3n) is 4.85. The number of phenols is 1. The van der Waals surface area contributed by atoms with Gasteiger partial charge in [-0.3, -0.25) is 4.68 Å². The van der Waals surface area contributed by atoms with Gasteiger partial charge >= 0.3 is 0 Å². The number of fused-ring (bicyclic) bond motifs is 2. The van der Waals surface area contributed by atoms with Crippen LogP contribution in [0, 0.1) is 0 Å². The van der Waals surface area contributed by atoms with Gasteiger partial charge in [-0.05, 0) is 37.2 Å². The fourth-order valence-electron chi connectivity index (χ4n) is 3.52. The first-order valence-corrected chi connectivity index (χ1v) is 8.97. The molecule has 0 bridgehead atoms. The number of nitrogens with one attached hydrogen (secondary N) is 1. The highest BCUT2D eigenvalue weighted by molar-refractivity contribution is 5.88. The molecular formula is C20H19N5O2. The van der Waals surface area contributed by atoms with E-state index in [9.17, 15) is 5.11 Å². The number of rotatable bonds is 3. The number of ether oxygens (including phenoxy) is 1. The molecule has 0 spiro atoms. The van der Waals surface area contributed by atoms with Gasteiger partial charge in [-0.2, -0.15) is 5.10 Å². The molecule has 4 heterocycles. The van der Waals surface area contributed by atoms with Gasteiger partial charge in [0, 0.05) is 42.2 Å². The van der Waals surface area contributed by atoms with Crippen molar-refractivity contribution >= 4 is 21.9 Å². The summed E-state index contributed by atoms with van der Waals surface area (Å²) in [5.74, 6) is 0.909. The van der Waals surface area contributed by atoms with Gasteiger partial charge in [0.15, 0.2) is 5.65 Å². The summed E-state index contributed by atoms with van der Waals surface area (Å²) in [5.41, 5.74) is 2.71. The minimum Gasteiger partial charge on any atom is -0.507 e. The van der Waals surface area contributed by atoms with E-state index in [0.29, 0.717) is 16.9 Å². The Morgan fingerprint density at radius 3 is 3.00 bits per heavy atom. The second kappa shape index (κ2) is 6.21.